The Morgan fingerprint density at radius 2 is 1.70 bits per heavy atom. The van der Waals surface area contributed by atoms with Crippen LogP contribution in [0.1, 0.15) is 55.7 Å². The van der Waals surface area contributed by atoms with Crippen LogP contribution in [0.2, 0.25) is 5.02 Å². The Morgan fingerprint density at radius 1 is 1.15 bits per heavy atom. The van der Waals surface area contributed by atoms with Gasteiger partial charge in [-0.25, -0.2) is 8.78 Å². The molecule has 0 aromatic heterocycles. The Labute approximate surface area is 123 Å². The van der Waals surface area contributed by atoms with Crippen molar-refractivity contribution in [1.82, 2.24) is 0 Å². The molecule has 1 aromatic rings. The largest absolute Gasteiger partial charge is 0.323 e. The smallest absolute Gasteiger partial charge is 0.128 e. The van der Waals surface area contributed by atoms with Crippen molar-refractivity contribution >= 4 is 11.6 Å². The molecule has 0 amide bonds. The van der Waals surface area contributed by atoms with Crippen LogP contribution in [0.15, 0.2) is 12.1 Å². The van der Waals surface area contributed by atoms with Crippen molar-refractivity contribution in [2.24, 2.45) is 11.1 Å². The number of rotatable bonds is 2. The van der Waals surface area contributed by atoms with E-state index in [0.29, 0.717) is 29.8 Å². The SMILES string of the molecule is Cc1c(Cl)ccc(F)c1[C@@H](N)C12CCC(F)(CC1)CC2. The molecule has 2 N–H and O–H groups in total. The first-order valence-corrected chi connectivity index (χ1v) is 7.64. The van der Waals surface area contributed by atoms with E-state index in [1.165, 1.54) is 6.07 Å². The molecule has 1 nitrogen and oxygen atoms in total. The summed E-state index contributed by atoms with van der Waals surface area (Å²) < 4.78 is 28.5. The van der Waals surface area contributed by atoms with Crippen molar-refractivity contribution < 1.29 is 8.78 Å². The molecule has 0 heterocycles. The molecule has 0 unspecified atom stereocenters. The molecule has 0 saturated heterocycles. The van der Waals surface area contributed by atoms with Gasteiger partial charge in [0.05, 0.1) is 0 Å². The summed E-state index contributed by atoms with van der Waals surface area (Å²) in [6.45, 7) is 1.81. The van der Waals surface area contributed by atoms with Crippen molar-refractivity contribution in [3.63, 3.8) is 0 Å². The Hall–Kier alpha value is -0.670. The maximum atomic E-state index is 14.3. The van der Waals surface area contributed by atoms with Gasteiger partial charge in [-0.1, -0.05) is 11.6 Å². The van der Waals surface area contributed by atoms with E-state index in [2.05, 4.69) is 0 Å². The fourth-order valence-corrected chi connectivity index (χ4v) is 4.16. The normalized spacial score (nSPS) is 34.2. The van der Waals surface area contributed by atoms with Gasteiger partial charge in [0, 0.05) is 16.6 Å². The fraction of sp³-hybridized carbons (Fsp3) is 0.625. The van der Waals surface area contributed by atoms with Crippen molar-refractivity contribution in [3.05, 3.63) is 34.1 Å². The van der Waals surface area contributed by atoms with E-state index in [4.69, 9.17) is 17.3 Å². The van der Waals surface area contributed by atoms with Gasteiger partial charge in [-0.3, -0.25) is 0 Å². The van der Waals surface area contributed by atoms with Gasteiger partial charge in [-0.15, -0.1) is 0 Å². The van der Waals surface area contributed by atoms with Crippen LogP contribution in [0, 0.1) is 18.2 Å². The van der Waals surface area contributed by atoms with Crippen LogP contribution < -0.4 is 5.73 Å². The summed E-state index contributed by atoms with van der Waals surface area (Å²) in [7, 11) is 0. The highest BCUT2D eigenvalue weighted by atomic mass is 35.5. The molecule has 1 aromatic carbocycles. The van der Waals surface area contributed by atoms with Crippen LogP contribution in [-0.4, -0.2) is 5.67 Å². The molecule has 3 saturated carbocycles. The molecule has 4 heteroatoms. The molecule has 4 rings (SSSR count). The Morgan fingerprint density at radius 3 is 2.25 bits per heavy atom. The molecule has 3 aliphatic rings. The summed E-state index contributed by atoms with van der Waals surface area (Å²) in [5, 5.41) is 0.541. The predicted octanol–water partition coefficient (Wildman–Crippen LogP) is 4.85. The first-order valence-electron chi connectivity index (χ1n) is 7.26. The average molecular weight is 300 g/mol. The Bertz CT molecular complexity index is 519. The van der Waals surface area contributed by atoms with Crippen LogP contribution in [0.3, 0.4) is 0 Å². The van der Waals surface area contributed by atoms with E-state index in [0.717, 1.165) is 24.8 Å². The van der Waals surface area contributed by atoms with Gasteiger partial charge in [0.15, 0.2) is 0 Å². The summed E-state index contributed by atoms with van der Waals surface area (Å²) in [4.78, 5) is 0. The van der Waals surface area contributed by atoms with Gasteiger partial charge < -0.3 is 5.73 Å². The van der Waals surface area contributed by atoms with Crippen molar-refractivity contribution in [2.45, 2.75) is 57.2 Å². The zero-order valence-corrected chi connectivity index (χ0v) is 12.4. The monoisotopic (exact) mass is 299 g/mol. The molecular formula is C16H20ClF2N. The van der Waals surface area contributed by atoms with E-state index < -0.39 is 11.7 Å². The van der Waals surface area contributed by atoms with Crippen LogP contribution in [0.5, 0.6) is 0 Å². The Balaban J connectivity index is 1.98. The first-order chi connectivity index (χ1) is 9.37. The molecule has 110 valence electrons. The second-order valence-electron chi connectivity index (χ2n) is 6.56. The Kier molecular flexibility index (Phi) is 3.33. The second-order valence-corrected chi connectivity index (χ2v) is 6.97. The standard InChI is InChI=1S/C16H20ClF2N/c1-10-11(17)2-3-12(18)13(10)14(20)15-4-7-16(19,8-5-15)9-6-15/h2-3,14H,4-9,20H2,1H3/t14-,15?,16?/m1/s1. The fourth-order valence-electron chi connectivity index (χ4n) is 3.99. The maximum absolute atomic E-state index is 14.3. The lowest BCUT2D eigenvalue weighted by molar-refractivity contribution is -0.0482. The summed E-state index contributed by atoms with van der Waals surface area (Å²) in [6.07, 6.45) is 3.91. The number of hydrogen-bond acceptors (Lipinski definition) is 1. The molecule has 20 heavy (non-hydrogen) atoms. The van der Waals surface area contributed by atoms with E-state index in [-0.39, 0.29) is 11.2 Å². The second kappa shape index (κ2) is 4.67. The number of halogens is 3. The van der Waals surface area contributed by atoms with Crippen molar-refractivity contribution in [3.8, 4) is 0 Å². The molecular weight excluding hydrogens is 280 g/mol. The lowest BCUT2D eigenvalue weighted by Gasteiger charge is -2.52. The number of hydrogen-bond donors (Lipinski definition) is 1. The quantitative estimate of drug-likeness (QED) is 0.830. The molecule has 3 fully saturated rings. The molecule has 0 aliphatic heterocycles. The van der Waals surface area contributed by atoms with Gasteiger partial charge in [-0.2, -0.15) is 0 Å². The number of nitrogens with two attached hydrogens (primary N) is 1. The third kappa shape index (κ3) is 2.06. The number of alkyl halides is 1. The van der Waals surface area contributed by atoms with E-state index in [1.807, 2.05) is 6.92 Å². The summed E-state index contributed by atoms with van der Waals surface area (Å²) >= 11 is 6.11. The zero-order valence-electron chi connectivity index (χ0n) is 11.7. The summed E-state index contributed by atoms with van der Waals surface area (Å²) in [5.41, 5.74) is 6.51. The molecule has 0 spiro atoms. The van der Waals surface area contributed by atoms with Crippen LogP contribution in [0.25, 0.3) is 0 Å². The lowest BCUT2D eigenvalue weighted by atomic mass is 9.55. The minimum atomic E-state index is -0.997. The van der Waals surface area contributed by atoms with Crippen LogP contribution in [0.4, 0.5) is 8.78 Å². The van der Waals surface area contributed by atoms with E-state index in [9.17, 15) is 8.78 Å². The van der Waals surface area contributed by atoms with Gasteiger partial charge >= 0.3 is 0 Å². The average Bonchev–Trinajstić information content (AvgIpc) is 2.44. The van der Waals surface area contributed by atoms with Gasteiger partial charge in [0.25, 0.3) is 0 Å². The van der Waals surface area contributed by atoms with E-state index >= 15 is 0 Å². The highest BCUT2D eigenvalue weighted by Crippen LogP contribution is 2.59. The van der Waals surface area contributed by atoms with Gasteiger partial charge in [0.1, 0.15) is 11.5 Å². The highest BCUT2D eigenvalue weighted by molar-refractivity contribution is 6.31. The minimum absolute atomic E-state index is 0.163. The van der Waals surface area contributed by atoms with Gasteiger partial charge in [0.2, 0.25) is 0 Å². The summed E-state index contributed by atoms with van der Waals surface area (Å²) in [6, 6.07) is 2.55. The molecule has 0 radical (unpaired) electrons. The first kappa shape index (κ1) is 14.3. The minimum Gasteiger partial charge on any atom is -0.323 e. The topological polar surface area (TPSA) is 26.0 Å². The predicted molar refractivity (Wildman–Crippen MR) is 77.0 cm³/mol. The van der Waals surface area contributed by atoms with Crippen molar-refractivity contribution in [2.75, 3.05) is 0 Å². The van der Waals surface area contributed by atoms with Crippen LogP contribution >= 0.6 is 11.6 Å². The molecule has 1 atom stereocenters. The van der Waals surface area contributed by atoms with E-state index in [1.54, 1.807) is 6.07 Å². The maximum Gasteiger partial charge on any atom is 0.128 e. The number of fused-ring (bicyclic) bond motifs is 3. The highest BCUT2D eigenvalue weighted by Gasteiger charge is 2.52. The van der Waals surface area contributed by atoms with Crippen molar-refractivity contribution in [1.29, 1.82) is 0 Å². The third-order valence-corrected chi connectivity index (χ3v) is 5.99. The van der Waals surface area contributed by atoms with Crippen LogP contribution in [-0.2, 0) is 0 Å². The molecule has 2 bridgehead atoms. The summed E-state index contributed by atoms with van der Waals surface area (Å²) in [5.74, 6) is -0.295. The third-order valence-electron chi connectivity index (χ3n) is 5.58. The van der Waals surface area contributed by atoms with Gasteiger partial charge in [-0.05, 0) is 68.6 Å². The zero-order chi connectivity index (χ0) is 14.5. The molecule has 3 aliphatic carbocycles. The number of benzene rings is 1. The lowest BCUT2D eigenvalue weighted by Crippen LogP contribution is -2.48.